The van der Waals surface area contributed by atoms with E-state index in [0.29, 0.717) is 6.42 Å². The lowest BCUT2D eigenvalue weighted by molar-refractivity contribution is -0.575. The summed E-state index contributed by atoms with van der Waals surface area (Å²) in [5.74, 6) is 0.146. The molecule has 2 nitrogen and oxygen atoms in total. The molecule has 0 radical (unpaired) electrons. The third-order valence-corrected chi connectivity index (χ3v) is 1.69. The second-order valence-corrected chi connectivity index (χ2v) is 4.41. The molecule has 13 heavy (non-hydrogen) atoms. The van der Waals surface area contributed by atoms with Gasteiger partial charge in [-0.25, -0.2) is 4.79 Å². The summed E-state index contributed by atoms with van der Waals surface area (Å²) in [6.07, 6.45) is 4.14. The van der Waals surface area contributed by atoms with Gasteiger partial charge in [-0.3, -0.25) is 0 Å². The second-order valence-electron chi connectivity index (χ2n) is 4.41. The second kappa shape index (κ2) is 3.69. The average molecular weight is 178 g/mol. The van der Waals surface area contributed by atoms with Crippen LogP contribution < -0.4 is 4.57 Å². The number of hydrogen-bond donors (Lipinski definition) is 0. The van der Waals surface area contributed by atoms with Crippen molar-refractivity contribution in [1.29, 1.82) is 0 Å². The van der Waals surface area contributed by atoms with Crippen molar-refractivity contribution in [2.24, 2.45) is 5.41 Å². The lowest BCUT2D eigenvalue weighted by Crippen LogP contribution is -2.43. The van der Waals surface area contributed by atoms with Crippen molar-refractivity contribution in [3.8, 4) is 0 Å². The Morgan fingerprint density at radius 3 is 2.15 bits per heavy atom. The van der Waals surface area contributed by atoms with Crippen LogP contribution in [0.3, 0.4) is 0 Å². The maximum Gasteiger partial charge on any atom is 0.392 e. The van der Waals surface area contributed by atoms with Crippen molar-refractivity contribution in [2.75, 3.05) is 0 Å². The van der Waals surface area contributed by atoms with Crippen LogP contribution in [0.2, 0.25) is 0 Å². The van der Waals surface area contributed by atoms with E-state index >= 15 is 0 Å². The number of aromatic nitrogens is 1. The van der Waals surface area contributed by atoms with Crippen LogP contribution in [0.4, 0.5) is 0 Å². The minimum absolute atomic E-state index is 0.0555. The zero-order valence-electron chi connectivity index (χ0n) is 8.45. The number of hydrogen-bond acceptors (Lipinski definition) is 1. The highest BCUT2D eigenvalue weighted by Crippen LogP contribution is 2.17. The molecule has 0 bridgehead atoms. The zero-order chi connectivity index (χ0) is 9.90. The Morgan fingerprint density at radius 1 is 1.15 bits per heavy atom. The van der Waals surface area contributed by atoms with E-state index < -0.39 is 0 Å². The molecule has 0 atom stereocenters. The Kier molecular flexibility index (Phi) is 2.81. The number of carbonyl (C=O) groups is 1. The molecule has 1 rings (SSSR count). The molecular weight excluding hydrogens is 162 g/mol. The van der Waals surface area contributed by atoms with Gasteiger partial charge in [-0.1, -0.05) is 26.8 Å². The van der Waals surface area contributed by atoms with Crippen molar-refractivity contribution < 1.29 is 9.36 Å². The molecule has 0 saturated heterocycles. The molecule has 0 fully saturated rings. The fraction of sp³-hybridized carbons (Fsp3) is 0.455. The van der Waals surface area contributed by atoms with E-state index in [9.17, 15) is 4.79 Å². The van der Waals surface area contributed by atoms with E-state index in [1.54, 1.807) is 17.0 Å². The fourth-order valence-electron chi connectivity index (χ4n) is 1.11. The van der Waals surface area contributed by atoms with E-state index in [0.717, 1.165) is 0 Å². The van der Waals surface area contributed by atoms with Crippen molar-refractivity contribution >= 4 is 5.91 Å². The summed E-state index contributed by atoms with van der Waals surface area (Å²) >= 11 is 0. The van der Waals surface area contributed by atoms with Crippen LogP contribution >= 0.6 is 0 Å². The molecule has 2 heteroatoms. The Balaban J connectivity index is 2.71. The molecule has 0 N–H and O–H groups in total. The summed E-state index contributed by atoms with van der Waals surface area (Å²) in [6, 6.07) is 5.63. The Bertz CT molecular complexity index is 285. The van der Waals surface area contributed by atoms with E-state index in [-0.39, 0.29) is 11.3 Å². The van der Waals surface area contributed by atoms with Crippen LogP contribution in [0.25, 0.3) is 0 Å². The summed E-state index contributed by atoms with van der Waals surface area (Å²) < 4.78 is 1.63. The van der Waals surface area contributed by atoms with E-state index in [1.807, 2.05) is 18.2 Å². The van der Waals surface area contributed by atoms with Crippen molar-refractivity contribution in [1.82, 2.24) is 0 Å². The normalized spacial score (nSPS) is 11.3. The van der Waals surface area contributed by atoms with Gasteiger partial charge in [0, 0.05) is 12.1 Å². The van der Waals surface area contributed by atoms with Gasteiger partial charge in [0.05, 0.1) is 6.42 Å². The molecule has 0 aliphatic rings. The highest BCUT2D eigenvalue weighted by Gasteiger charge is 2.22. The maximum absolute atomic E-state index is 11.6. The summed E-state index contributed by atoms with van der Waals surface area (Å²) in [5.41, 5.74) is 0.0555. The van der Waals surface area contributed by atoms with Crippen LogP contribution in [0.1, 0.15) is 32.0 Å². The lowest BCUT2D eigenvalue weighted by atomic mass is 9.92. The molecule has 0 aliphatic heterocycles. The van der Waals surface area contributed by atoms with Gasteiger partial charge in [-0.05, 0) is 5.41 Å². The summed E-state index contributed by atoms with van der Waals surface area (Å²) in [5, 5.41) is 0. The number of carbonyl (C=O) groups excluding carboxylic acids is 1. The van der Waals surface area contributed by atoms with Crippen molar-refractivity contribution in [2.45, 2.75) is 27.2 Å². The Labute approximate surface area is 79.2 Å². The molecule has 1 aromatic rings. The minimum Gasteiger partial charge on any atom is -0.219 e. The van der Waals surface area contributed by atoms with E-state index in [1.165, 1.54) is 0 Å². The zero-order valence-corrected chi connectivity index (χ0v) is 8.45. The van der Waals surface area contributed by atoms with Gasteiger partial charge >= 0.3 is 5.91 Å². The first-order valence-electron chi connectivity index (χ1n) is 4.48. The van der Waals surface area contributed by atoms with Gasteiger partial charge in [0.25, 0.3) is 0 Å². The van der Waals surface area contributed by atoms with Crippen LogP contribution in [0.15, 0.2) is 30.6 Å². The molecule has 1 heterocycles. The number of rotatable bonds is 1. The maximum atomic E-state index is 11.6. The summed E-state index contributed by atoms with van der Waals surface area (Å²) in [6.45, 7) is 6.19. The number of pyridine rings is 1. The third kappa shape index (κ3) is 3.36. The molecule has 0 unspecified atom stereocenters. The van der Waals surface area contributed by atoms with Crippen molar-refractivity contribution in [3.05, 3.63) is 30.6 Å². The van der Waals surface area contributed by atoms with Gasteiger partial charge in [0.1, 0.15) is 0 Å². The predicted octanol–water partition coefficient (Wildman–Crippen LogP) is 2.05. The Hall–Kier alpha value is -1.18. The standard InChI is InChI=1S/C11H16NO/c1-11(2,3)9-10(13)12-7-5-4-6-8-12/h4-8H,9H2,1-3H3/q+1. The third-order valence-electron chi connectivity index (χ3n) is 1.69. The summed E-state index contributed by atoms with van der Waals surface area (Å²) in [4.78, 5) is 11.6. The smallest absolute Gasteiger partial charge is 0.219 e. The Morgan fingerprint density at radius 2 is 1.69 bits per heavy atom. The first kappa shape index (κ1) is 9.90. The monoisotopic (exact) mass is 178 g/mol. The minimum atomic E-state index is 0.0555. The summed E-state index contributed by atoms with van der Waals surface area (Å²) in [7, 11) is 0. The highest BCUT2D eigenvalue weighted by molar-refractivity contribution is 5.67. The van der Waals surface area contributed by atoms with Crippen LogP contribution in [0.5, 0.6) is 0 Å². The molecule has 0 saturated carbocycles. The molecule has 0 aliphatic carbocycles. The van der Waals surface area contributed by atoms with Crippen molar-refractivity contribution in [3.63, 3.8) is 0 Å². The molecule has 0 amide bonds. The first-order valence-corrected chi connectivity index (χ1v) is 4.48. The molecule has 0 spiro atoms. The van der Waals surface area contributed by atoms with Crippen LogP contribution in [-0.4, -0.2) is 5.91 Å². The predicted molar refractivity (Wildman–Crippen MR) is 51.3 cm³/mol. The van der Waals surface area contributed by atoms with E-state index in [2.05, 4.69) is 20.8 Å². The van der Waals surface area contributed by atoms with Crippen LogP contribution in [-0.2, 0) is 0 Å². The topological polar surface area (TPSA) is 20.9 Å². The molecule has 0 aromatic carbocycles. The van der Waals surface area contributed by atoms with Crippen LogP contribution in [0, 0.1) is 5.41 Å². The lowest BCUT2D eigenvalue weighted by Gasteiger charge is -2.13. The molecule has 1 aromatic heterocycles. The van der Waals surface area contributed by atoms with Gasteiger partial charge in [-0.15, -0.1) is 4.57 Å². The van der Waals surface area contributed by atoms with Gasteiger partial charge in [-0.2, -0.15) is 0 Å². The van der Waals surface area contributed by atoms with Gasteiger partial charge < -0.3 is 0 Å². The van der Waals surface area contributed by atoms with Gasteiger partial charge in [0.15, 0.2) is 12.4 Å². The SMILES string of the molecule is CC(C)(C)CC(=O)[n+]1ccccc1. The first-order chi connectivity index (χ1) is 5.99. The quantitative estimate of drug-likeness (QED) is 0.603. The molecule has 70 valence electrons. The fourth-order valence-corrected chi connectivity index (χ4v) is 1.11. The average Bonchev–Trinajstić information content (AvgIpc) is 2.03. The highest BCUT2D eigenvalue weighted by atomic mass is 16.1. The largest absolute Gasteiger partial charge is 0.392 e. The van der Waals surface area contributed by atoms with E-state index in [4.69, 9.17) is 0 Å². The number of nitrogens with zero attached hydrogens (tertiary/aromatic N) is 1. The molecular formula is C11H16NO+. The van der Waals surface area contributed by atoms with Gasteiger partial charge in [0.2, 0.25) is 0 Å².